The van der Waals surface area contributed by atoms with Crippen molar-refractivity contribution in [3.8, 4) is 0 Å². The molecule has 0 radical (unpaired) electrons. The minimum Gasteiger partial charge on any atom is -0.261 e. The number of nitrogens with zero attached hydrogens (tertiary/aromatic N) is 1. The molecule has 64 valence electrons. The second-order valence-electron chi connectivity index (χ2n) is 3.87. The topological polar surface area (TPSA) is 12.9 Å². The van der Waals surface area contributed by atoms with Gasteiger partial charge in [0.15, 0.2) is 0 Å². The molecule has 1 nitrogen and oxygen atoms in total. The van der Waals surface area contributed by atoms with Crippen molar-refractivity contribution in [3.63, 3.8) is 0 Å². The van der Waals surface area contributed by atoms with Crippen LogP contribution in [0.4, 0.5) is 0 Å². The third-order valence-corrected chi connectivity index (χ3v) is 2.80. The van der Waals surface area contributed by atoms with Crippen molar-refractivity contribution >= 4 is 0 Å². The fourth-order valence-electron chi connectivity index (χ4n) is 2.09. The van der Waals surface area contributed by atoms with Gasteiger partial charge in [-0.25, -0.2) is 0 Å². The van der Waals surface area contributed by atoms with Gasteiger partial charge >= 0.3 is 0 Å². The lowest BCUT2D eigenvalue weighted by atomic mass is 10.0. The van der Waals surface area contributed by atoms with E-state index < -0.39 is 0 Å². The Morgan fingerprint density at radius 2 is 2.25 bits per heavy atom. The van der Waals surface area contributed by atoms with Crippen LogP contribution in [0.3, 0.4) is 0 Å². The number of pyridine rings is 1. The Labute approximate surface area is 73.8 Å². The first-order valence-electron chi connectivity index (χ1n) is 4.77. The molecule has 2 atom stereocenters. The van der Waals surface area contributed by atoms with E-state index in [1.807, 2.05) is 12.3 Å². The van der Waals surface area contributed by atoms with Gasteiger partial charge in [0.05, 0.1) is 0 Å². The zero-order chi connectivity index (χ0) is 8.39. The predicted octanol–water partition coefficient (Wildman–Crippen LogP) is 2.99. The average Bonchev–Trinajstić information content (AvgIpc) is 2.54. The van der Waals surface area contributed by atoms with E-state index in [1.165, 1.54) is 25.0 Å². The lowest BCUT2D eigenvalue weighted by Gasteiger charge is -2.07. The van der Waals surface area contributed by atoms with E-state index in [0.717, 1.165) is 11.8 Å². The first-order chi connectivity index (χ1) is 5.86. The van der Waals surface area contributed by atoms with Gasteiger partial charge in [-0.05, 0) is 30.9 Å². The van der Waals surface area contributed by atoms with Gasteiger partial charge in [0.2, 0.25) is 0 Å². The third kappa shape index (κ3) is 1.50. The Hall–Kier alpha value is -0.850. The maximum atomic E-state index is 4.40. The fourth-order valence-corrected chi connectivity index (χ4v) is 2.09. The Bertz CT molecular complexity index is 242. The summed E-state index contributed by atoms with van der Waals surface area (Å²) in [4.78, 5) is 4.40. The van der Waals surface area contributed by atoms with Crippen LogP contribution in [0.15, 0.2) is 24.4 Å². The lowest BCUT2D eigenvalue weighted by molar-refractivity contribution is 0.592. The summed E-state index contributed by atoms with van der Waals surface area (Å²) in [6, 6.07) is 6.23. The van der Waals surface area contributed by atoms with Crippen LogP contribution in [0.5, 0.6) is 0 Å². The summed E-state index contributed by atoms with van der Waals surface area (Å²) in [5, 5.41) is 0. The smallest absolute Gasteiger partial charge is 0.0434 e. The fraction of sp³-hybridized carbons (Fsp3) is 0.545. The molecule has 0 saturated heterocycles. The summed E-state index contributed by atoms with van der Waals surface area (Å²) in [6.07, 6.45) is 5.94. The van der Waals surface area contributed by atoms with Gasteiger partial charge < -0.3 is 0 Å². The number of hydrogen-bond acceptors (Lipinski definition) is 1. The Balaban J connectivity index is 2.11. The van der Waals surface area contributed by atoms with Crippen molar-refractivity contribution < 1.29 is 0 Å². The molecule has 1 aromatic rings. The van der Waals surface area contributed by atoms with Crippen molar-refractivity contribution in [3.05, 3.63) is 30.1 Å². The van der Waals surface area contributed by atoms with Crippen LogP contribution < -0.4 is 0 Å². The summed E-state index contributed by atoms with van der Waals surface area (Å²) in [5.74, 6) is 1.64. The summed E-state index contributed by atoms with van der Waals surface area (Å²) in [7, 11) is 0. The van der Waals surface area contributed by atoms with E-state index in [0.29, 0.717) is 0 Å². The highest BCUT2D eigenvalue weighted by atomic mass is 14.7. The van der Waals surface area contributed by atoms with Gasteiger partial charge in [-0.2, -0.15) is 0 Å². The van der Waals surface area contributed by atoms with Gasteiger partial charge in [0.1, 0.15) is 0 Å². The highest BCUT2D eigenvalue weighted by Gasteiger charge is 2.23. The van der Waals surface area contributed by atoms with Crippen LogP contribution in [-0.4, -0.2) is 4.98 Å². The zero-order valence-corrected chi connectivity index (χ0v) is 7.53. The van der Waals surface area contributed by atoms with Crippen LogP contribution in [0.25, 0.3) is 0 Å². The standard InChI is InChI=1S/C11H15N/c1-9-5-6-10(8-9)11-4-2-3-7-12-11/h2-4,7,9-10H,5-6,8H2,1H3. The third-order valence-electron chi connectivity index (χ3n) is 2.80. The van der Waals surface area contributed by atoms with Gasteiger partial charge in [0, 0.05) is 17.8 Å². The monoisotopic (exact) mass is 161 g/mol. The molecule has 0 amide bonds. The van der Waals surface area contributed by atoms with Crippen molar-refractivity contribution in [2.75, 3.05) is 0 Å². The second kappa shape index (κ2) is 3.26. The SMILES string of the molecule is CC1CCC(c2ccccn2)C1. The molecule has 0 aliphatic heterocycles. The number of aromatic nitrogens is 1. The van der Waals surface area contributed by atoms with Gasteiger partial charge in [-0.15, -0.1) is 0 Å². The quantitative estimate of drug-likeness (QED) is 0.617. The van der Waals surface area contributed by atoms with Crippen molar-refractivity contribution in [1.82, 2.24) is 4.98 Å². The van der Waals surface area contributed by atoms with E-state index in [9.17, 15) is 0 Å². The van der Waals surface area contributed by atoms with E-state index in [4.69, 9.17) is 0 Å². The first kappa shape index (κ1) is 7.78. The van der Waals surface area contributed by atoms with Crippen molar-refractivity contribution in [2.45, 2.75) is 32.1 Å². The van der Waals surface area contributed by atoms with Crippen LogP contribution in [0.1, 0.15) is 37.8 Å². The molecule has 1 aliphatic carbocycles. The molecular weight excluding hydrogens is 146 g/mol. The summed E-state index contributed by atoms with van der Waals surface area (Å²) >= 11 is 0. The maximum Gasteiger partial charge on any atom is 0.0434 e. The Morgan fingerprint density at radius 3 is 2.83 bits per heavy atom. The van der Waals surface area contributed by atoms with Crippen LogP contribution in [0, 0.1) is 5.92 Å². The molecule has 12 heavy (non-hydrogen) atoms. The molecule has 1 saturated carbocycles. The summed E-state index contributed by atoms with van der Waals surface area (Å²) in [6.45, 7) is 2.34. The van der Waals surface area contributed by atoms with Crippen LogP contribution in [-0.2, 0) is 0 Å². The summed E-state index contributed by atoms with van der Waals surface area (Å²) in [5.41, 5.74) is 1.29. The zero-order valence-electron chi connectivity index (χ0n) is 7.53. The molecule has 1 aromatic heterocycles. The molecule has 1 heterocycles. The molecule has 0 aromatic carbocycles. The molecule has 2 unspecified atom stereocenters. The summed E-state index contributed by atoms with van der Waals surface area (Å²) < 4.78 is 0. The van der Waals surface area contributed by atoms with Crippen LogP contribution >= 0.6 is 0 Å². The molecule has 1 aliphatic rings. The first-order valence-corrected chi connectivity index (χ1v) is 4.77. The van der Waals surface area contributed by atoms with E-state index in [2.05, 4.69) is 24.0 Å². The molecule has 0 N–H and O–H groups in total. The van der Waals surface area contributed by atoms with E-state index >= 15 is 0 Å². The van der Waals surface area contributed by atoms with E-state index in [-0.39, 0.29) is 0 Å². The van der Waals surface area contributed by atoms with Gasteiger partial charge in [-0.3, -0.25) is 4.98 Å². The average molecular weight is 161 g/mol. The maximum absolute atomic E-state index is 4.40. The number of hydrogen-bond donors (Lipinski definition) is 0. The van der Waals surface area contributed by atoms with E-state index in [1.54, 1.807) is 0 Å². The second-order valence-corrected chi connectivity index (χ2v) is 3.87. The molecule has 1 heteroatoms. The lowest BCUT2D eigenvalue weighted by Crippen LogP contribution is -1.95. The highest BCUT2D eigenvalue weighted by Crippen LogP contribution is 2.36. The van der Waals surface area contributed by atoms with Crippen molar-refractivity contribution in [1.29, 1.82) is 0 Å². The Kier molecular flexibility index (Phi) is 2.11. The molecule has 1 fully saturated rings. The van der Waals surface area contributed by atoms with Gasteiger partial charge in [-0.1, -0.05) is 19.4 Å². The van der Waals surface area contributed by atoms with Crippen LogP contribution in [0.2, 0.25) is 0 Å². The molecular formula is C11H15N. The largest absolute Gasteiger partial charge is 0.261 e. The number of rotatable bonds is 1. The highest BCUT2D eigenvalue weighted by molar-refractivity contribution is 5.10. The molecule has 0 spiro atoms. The normalized spacial score (nSPS) is 29.1. The molecule has 0 bridgehead atoms. The Morgan fingerprint density at radius 1 is 1.33 bits per heavy atom. The minimum absolute atomic E-state index is 0.737. The van der Waals surface area contributed by atoms with Gasteiger partial charge in [0.25, 0.3) is 0 Å². The molecule has 2 rings (SSSR count). The predicted molar refractivity (Wildman–Crippen MR) is 50.0 cm³/mol. The minimum atomic E-state index is 0.737. The van der Waals surface area contributed by atoms with Crippen molar-refractivity contribution in [2.24, 2.45) is 5.92 Å².